The molecule has 0 nitrogen and oxygen atoms in total. The Balaban J connectivity index is 1.72. The number of allylic oxidation sites excluding steroid dienone is 12. The second-order valence-electron chi connectivity index (χ2n) is 10.1. The van der Waals surface area contributed by atoms with Gasteiger partial charge in [-0.1, -0.05) is 125 Å². The summed E-state index contributed by atoms with van der Waals surface area (Å²) < 4.78 is 0. The summed E-state index contributed by atoms with van der Waals surface area (Å²) in [6.45, 7) is 4.42. The van der Waals surface area contributed by atoms with Crippen molar-refractivity contribution >= 4 is 18.4 Å². The summed E-state index contributed by atoms with van der Waals surface area (Å²) in [6.07, 6.45) is 25.3. The fraction of sp³-hybridized carbons (Fsp3) is 0.250. The van der Waals surface area contributed by atoms with E-state index in [9.17, 15) is 0 Å². The first-order valence-electron chi connectivity index (χ1n) is 12.5. The highest BCUT2D eigenvalue weighted by molar-refractivity contribution is 7.12. The third-order valence-electron chi connectivity index (χ3n) is 8.20. The molecular formula is C32H32Si. The van der Waals surface area contributed by atoms with E-state index >= 15 is 0 Å². The fourth-order valence-electron chi connectivity index (χ4n) is 6.72. The highest BCUT2D eigenvalue weighted by atomic mass is 28.3. The molecule has 4 aliphatic rings. The molecule has 0 radical (unpaired) electrons. The molecule has 4 aliphatic carbocycles. The first kappa shape index (κ1) is 20.7. The maximum atomic E-state index is 2.62. The molecule has 0 N–H and O–H groups in total. The Morgan fingerprint density at radius 1 is 0.697 bits per heavy atom. The maximum Gasteiger partial charge on any atom is 0.172 e. The number of aryl methyl sites for hydroxylation is 2. The van der Waals surface area contributed by atoms with Crippen LogP contribution in [0.15, 0.2) is 119 Å². The lowest BCUT2D eigenvalue weighted by Gasteiger charge is -2.40. The van der Waals surface area contributed by atoms with Gasteiger partial charge in [-0.3, -0.25) is 0 Å². The molecule has 2 aromatic carbocycles. The quantitative estimate of drug-likeness (QED) is 0.474. The van der Waals surface area contributed by atoms with Gasteiger partial charge in [0.15, 0.2) is 8.07 Å². The molecule has 0 spiro atoms. The molecule has 0 fully saturated rings. The smallest absolute Gasteiger partial charge is 0.0882 e. The van der Waals surface area contributed by atoms with Gasteiger partial charge in [0, 0.05) is 11.8 Å². The summed E-state index contributed by atoms with van der Waals surface area (Å²) in [6, 6.07) is 19.2. The van der Waals surface area contributed by atoms with Crippen LogP contribution in [0.1, 0.15) is 30.4 Å². The first-order chi connectivity index (χ1) is 16.2. The third kappa shape index (κ3) is 3.17. The van der Waals surface area contributed by atoms with Crippen molar-refractivity contribution in [3.8, 4) is 0 Å². The Labute approximate surface area is 199 Å². The predicted molar refractivity (Wildman–Crippen MR) is 143 cm³/mol. The zero-order valence-electron chi connectivity index (χ0n) is 19.7. The molecule has 6 rings (SSSR count). The van der Waals surface area contributed by atoms with Gasteiger partial charge in [-0.05, 0) is 55.0 Å². The van der Waals surface area contributed by atoms with E-state index in [1.165, 1.54) is 30.4 Å². The van der Waals surface area contributed by atoms with Crippen molar-refractivity contribution in [1.29, 1.82) is 0 Å². The van der Waals surface area contributed by atoms with Crippen LogP contribution in [0, 0.1) is 31.6 Å². The largest absolute Gasteiger partial charge is 0.172 e. The average Bonchev–Trinajstić information content (AvgIpc) is 3.50. The van der Waals surface area contributed by atoms with Gasteiger partial charge < -0.3 is 0 Å². The summed E-state index contributed by atoms with van der Waals surface area (Å²) in [4.78, 5) is 0. The molecule has 164 valence electrons. The number of benzene rings is 2. The lowest BCUT2D eigenvalue weighted by molar-refractivity contribution is 0.505. The second-order valence-corrected chi connectivity index (χ2v) is 14.0. The summed E-state index contributed by atoms with van der Waals surface area (Å²) in [5.41, 5.74) is 4.27. The standard InChI is InChI=1S/C32H32Si/c1-23-15-19-26(20-16-23)33(25-9-3-4-10-25,27-21-17-24(2)18-22-27)32-30-13-7-5-11-28(30)29-12-6-8-14-31(29)32/h5-9,11-22,28-30H,3-4,10H2,1-2H3. The topological polar surface area (TPSA) is 0 Å². The number of hydrogen-bond donors (Lipinski definition) is 0. The van der Waals surface area contributed by atoms with Gasteiger partial charge in [0.2, 0.25) is 0 Å². The molecule has 0 amide bonds. The SMILES string of the molecule is Cc1ccc([Si](C2=CCCC2)(C2=C3C=CC=CC3C3C=CC=CC23)c2ccc(C)cc2)cc1. The van der Waals surface area contributed by atoms with Crippen molar-refractivity contribution in [2.24, 2.45) is 17.8 Å². The molecule has 0 heterocycles. The average molecular weight is 445 g/mol. The van der Waals surface area contributed by atoms with Crippen molar-refractivity contribution in [2.45, 2.75) is 33.1 Å². The zero-order chi connectivity index (χ0) is 22.4. The van der Waals surface area contributed by atoms with E-state index in [4.69, 9.17) is 0 Å². The summed E-state index contributed by atoms with van der Waals surface area (Å²) in [5, 5.41) is 6.57. The minimum Gasteiger partial charge on any atom is -0.0882 e. The van der Waals surface area contributed by atoms with Gasteiger partial charge in [-0.25, -0.2) is 0 Å². The molecule has 33 heavy (non-hydrogen) atoms. The Morgan fingerprint density at radius 2 is 1.30 bits per heavy atom. The van der Waals surface area contributed by atoms with E-state index in [2.05, 4.69) is 117 Å². The van der Waals surface area contributed by atoms with E-state index in [1.807, 2.05) is 0 Å². The lowest BCUT2D eigenvalue weighted by Crippen LogP contribution is -2.63. The molecule has 1 heteroatoms. The van der Waals surface area contributed by atoms with Crippen molar-refractivity contribution in [1.82, 2.24) is 0 Å². The molecule has 0 saturated heterocycles. The van der Waals surface area contributed by atoms with Gasteiger partial charge >= 0.3 is 0 Å². The third-order valence-corrected chi connectivity index (χ3v) is 13.4. The Bertz CT molecular complexity index is 1200. The van der Waals surface area contributed by atoms with Crippen LogP contribution in [0.2, 0.25) is 0 Å². The molecule has 2 aromatic rings. The minimum absolute atomic E-state index is 0.471. The molecule has 0 bridgehead atoms. The van der Waals surface area contributed by atoms with E-state index in [0.717, 1.165) is 0 Å². The van der Waals surface area contributed by atoms with Crippen molar-refractivity contribution in [2.75, 3.05) is 0 Å². The maximum absolute atomic E-state index is 2.62. The van der Waals surface area contributed by atoms with Crippen LogP contribution < -0.4 is 10.4 Å². The van der Waals surface area contributed by atoms with Gasteiger partial charge in [-0.15, -0.1) is 0 Å². The first-order valence-corrected chi connectivity index (χ1v) is 14.5. The Kier molecular flexibility index (Phi) is 5.11. The molecule has 3 unspecified atom stereocenters. The molecular weight excluding hydrogens is 412 g/mol. The van der Waals surface area contributed by atoms with Crippen LogP contribution >= 0.6 is 0 Å². The molecule has 0 aliphatic heterocycles. The van der Waals surface area contributed by atoms with Crippen molar-refractivity contribution in [3.05, 3.63) is 130 Å². The van der Waals surface area contributed by atoms with E-state index < -0.39 is 8.07 Å². The number of fused-ring (bicyclic) bond motifs is 3. The molecule has 0 aromatic heterocycles. The Hall–Kier alpha value is -2.90. The van der Waals surface area contributed by atoms with Gasteiger partial charge in [0.25, 0.3) is 0 Å². The summed E-state index contributed by atoms with van der Waals surface area (Å²) in [5.74, 6) is 1.49. The normalized spacial score (nSPS) is 25.4. The fourth-order valence-corrected chi connectivity index (χ4v) is 12.6. The lowest BCUT2D eigenvalue weighted by atomic mass is 9.82. The number of hydrogen-bond acceptors (Lipinski definition) is 0. The van der Waals surface area contributed by atoms with Crippen LogP contribution in [-0.4, -0.2) is 8.07 Å². The van der Waals surface area contributed by atoms with Crippen molar-refractivity contribution < 1.29 is 0 Å². The molecule has 3 atom stereocenters. The van der Waals surface area contributed by atoms with Crippen LogP contribution in [0.5, 0.6) is 0 Å². The van der Waals surface area contributed by atoms with E-state index in [1.54, 1.807) is 26.3 Å². The van der Waals surface area contributed by atoms with Gasteiger partial charge in [0.05, 0.1) is 0 Å². The van der Waals surface area contributed by atoms with Crippen LogP contribution in [0.4, 0.5) is 0 Å². The van der Waals surface area contributed by atoms with Gasteiger partial charge in [-0.2, -0.15) is 0 Å². The molecule has 0 saturated carbocycles. The van der Waals surface area contributed by atoms with Crippen LogP contribution in [0.25, 0.3) is 0 Å². The van der Waals surface area contributed by atoms with E-state index in [0.29, 0.717) is 17.8 Å². The van der Waals surface area contributed by atoms with Crippen molar-refractivity contribution in [3.63, 3.8) is 0 Å². The van der Waals surface area contributed by atoms with Crippen LogP contribution in [-0.2, 0) is 0 Å². The minimum atomic E-state index is -2.37. The predicted octanol–water partition coefficient (Wildman–Crippen LogP) is 6.47. The van der Waals surface area contributed by atoms with E-state index in [-0.39, 0.29) is 0 Å². The Morgan fingerprint density at radius 3 is 1.94 bits per heavy atom. The second kappa shape index (κ2) is 8.15. The number of rotatable bonds is 4. The highest BCUT2D eigenvalue weighted by Gasteiger charge is 2.53. The van der Waals surface area contributed by atoms with Gasteiger partial charge in [0.1, 0.15) is 0 Å². The highest BCUT2D eigenvalue weighted by Crippen LogP contribution is 2.52. The monoisotopic (exact) mass is 444 g/mol. The summed E-state index contributed by atoms with van der Waals surface area (Å²) >= 11 is 0. The van der Waals surface area contributed by atoms with Crippen LogP contribution in [0.3, 0.4) is 0 Å². The summed E-state index contributed by atoms with van der Waals surface area (Å²) in [7, 11) is -2.37. The zero-order valence-corrected chi connectivity index (χ0v) is 20.7.